The number of aromatic hydroxyl groups is 1. The maximum Gasteiger partial charge on any atom is 0.573 e. The van der Waals surface area contributed by atoms with Crippen LogP contribution in [-0.2, 0) is 0 Å². The lowest BCUT2D eigenvalue weighted by Crippen LogP contribution is -2.17. The van der Waals surface area contributed by atoms with Crippen LogP contribution in [0.4, 0.5) is 18.9 Å². The number of anilines is 1. The fraction of sp³-hybridized carbons (Fsp3) is 0.0714. The Morgan fingerprint density at radius 1 is 1.18 bits per heavy atom. The molecule has 0 saturated carbocycles. The van der Waals surface area contributed by atoms with Crippen molar-refractivity contribution in [3.8, 4) is 11.5 Å². The minimum absolute atomic E-state index is 0.0751. The van der Waals surface area contributed by atoms with E-state index in [4.69, 9.17) is 11.6 Å². The second-order valence-corrected chi connectivity index (χ2v) is 4.63. The zero-order chi connectivity index (χ0) is 16.3. The molecule has 8 heteroatoms. The molecular formula is C14H9ClF3NO3. The van der Waals surface area contributed by atoms with Gasteiger partial charge >= 0.3 is 6.36 Å². The molecule has 0 aliphatic rings. The maximum atomic E-state index is 12.1. The van der Waals surface area contributed by atoms with E-state index in [1.54, 1.807) is 0 Å². The molecule has 0 radical (unpaired) electrons. The Morgan fingerprint density at radius 2 is 1.91 bits per heavy atom. The number of rotatable bonds is 3. The number of nitrogens with one attached hydrogen (secondary N) is 1. The van der Waals surface area contributed by atoms with E-state index in [2.05, 4.69) is 10.1 Å². The molecule has 0 fully saturated rings. The third-order valence-electron chi connectivity index (χ3n) is 2.53. The average molecular weight is 332 g/mol. The lowest BCUT2D eigenvalue weighted by atomic mass is 10.2. The third kappa shape index (κ3) is 4.29. The molecule has 1 amide bonds. The lowest BCUT2D eigenvalue weighted by molar-refractivity contribution is -0.274. The van der Waals surface area contributed by atoms with Gasteiger partial charge in [0, 0.05) is 16.8 Å². The van der Waals surface area contributed by atoms with Gasteiger partial charge in [-0.2, -0.15) is 0 Å². The van der Waals surface area contributed by atoms with Gasteiger partial charge in [-0.3, -0.25) is 4.79 Å². The summed E-state index contributed by atoms with van der Waals surface area (Å²) in [7, 11) is 0. The zero-order valence-corrected chi connectivity index (χ0v) is 11.6. The second kappa shape index (κ2) is 6.15. The fourth-order valence-corrected chi connectivity index (χ4v) is 1.83. The van der Waals surface area contributed by atoms with E-state index >= 15 is 0 Å². The molecule has 0 aromatic heterocycles. The molecule has 116 valence electrons. The summed E-state index contributed by atoms with van der Waals surface area (Å²) < 4.78 is 40.2. The highest BCUT2D eigenvalue weighted by Crippen LogP contribution is 2.26. The standard InChI is InChI=1S/C14H9ClF3NO3/c15-8-4-5-12(20)11(6-8)13(21)19-9-2-1-3-10(7-9)22-14(16,17)18/h1-7,20H,(H,19,21). The van der Waals surface area contributed by atoms with Crippen molar-refractivity contribution in [3.63, 3.8) is 0 Å². The first-order valence-electron chi connectivity index (χ1n) is 5.90. The number of phenolic OH excluding ortho intramolecular Hbond substituents is 1. The first kappa shape index (κ1) is 16.0. The van der Waals surface area contributed by atoms with Gasteiger partial charge in [0.2, 0.25) is 0 Å². The molecule has 0 aliphatic heterocycles. The number of carbonyl (C=O) groups is 1. The number of hydrogen-bond donors (Lipinski definition) is 2. The number of ether oxygens (including phenoxy) is 1. The van der Waals surface area contributed by atoms with Crippen molar-refractivity contribution in [3.05, 3.63) is 53.1 Å². The summed E-state index contributed by atoms with van der Waals surface area (Å²) in [5, 5.41) is 12.2. The minimum atomic E-state index is -4.83. The van der Waals surface area contributed by atoms with Gasteiger partial charge in [-0.1, -0.05) is 17.7 Å². The molecule has 4 nitrogen and oxygen atoms in total. The monoisotopic (exact) mass is 331 g/mol. The van der Waals surface area contributed by atoms with Gasteiger partial charge in [-0.15, -0.1) is 13.2 Å². The van der Waals surface area contributed by atoms with E-state index in [0.717, 1.165) is 12.1 Å². The molecular weight excluding hydrogens is 323 g/mol. The summed E-state index contributed by atoms with van der Waals surface area (Å²) >= 11 is 5.73. The Bertz CT molecular complexity index is 704. The highest BCUT2D eigenvalue weighted by Gasteiger charge is 2.31. The summed E-state index contributed by atoms with van der Waals surface area (Å²) in [6.07, 6.45) is -4.83. The molecule has 2 rings (SSSR count). The topological polar surface area (TPSA) is 58.6 Å². The lowest BCUT2D eigenvalue weighted by Gasteiger charge is -2.11. The molecule has 0 bridgehead atoms. The van der Waals surface area contributed by atoms with Crippen LogP contribution in [0.3, 0.4) is 0 Å². The SMILES string of the molecule is O=C(Nc1cccc(OC(F)(F)F)c1)c1cc(Cl)ccc1O. The van der Waals surface area contributed by atoms with E-state index < -0.39 is 18.0 Å². The summed E-state index contributed by atoms with van der Waals surface area (Å²) in [4.78, 5) is 12.0. The van der Waals surface area contributed by atoms with Crippen LogP contribution in [0.2, 0.25) is 5.02 Å². The molecule has 0 unspecified atom stereocenters. The third-order valence-corrected chi connectivity index (χ3v) is 2.76. The highest BCUT2D eigenvalue weighted by atomic mass is 35.5. The van der Waals surface area contributed by atoms with E-state index in [-0.39, 0.29) is 22.0 Å². The van der Waals surface area contributed by atoms with Crippen molar-refractivity contribution in [1.29, 1.82) is 0 Å². The number of phenols is 1. The van der Waals surface area contributed by atoms with Crippen molar-refractivity contribution < 1.29 is 27.8 Å². The van der Waals surface area contributed by atoms with Crippen molar-refractivity contribution >= 4 is 23.2 Å². The molecule has 0 atom stereocenters. The molecule has 0 heterocycles. The van der Waals surface area contributed by atoms with Gasteiger partial charge in [-0.05, 0) is 30.3 Å². The van der Waals surface area contributed by atoms with E-state index in [1.165, 1.54) is 30.3 Å². The van der Waals surface area contributed by atoms with E-state index in [9.17, 15) is 23.1 Å². The number of carbonyl (C=O) groups excluding carboxylic acids is 1. The predicted octanol–water partition coefficient (Wildman–Crippen LogP) is 4.20. The van der Waals surface area contributed by atoms with Crippen molar-refractivity contribution in [2.24, 2.45) is 0 Å². The molecule has 2 aromatic carbocycles. The van der Waals surface area contributed by atoms with Gasteiger partial charge in [0.25, 0.3) is 5.91 Å². The maximum absolute atomic E-state index is 12.1. The predicted molar refractivity (Wildman–Crippen MR) is 74.2 cm³/mol. The summed E-state index contributed by atoms with van der Waals surface area (Å²) in [6, 6.07) is 8.64. The quantitative estimate of drug-likeness (QED) is 0.886. The zero-order valence-electron chi connectivity index (χ0n) is 10.8. The van der Waals surface area contributed by atoms with Gasteiger partial charge in [0.15, 0.2) is 0 Å². The van der Waals surface area contributed by atoms with E-state index in [0.29, 0.717) is 0 Å². The van der Waals surface area contributed by atoms with Crippen LogP contribution in [0.1, 0.15) is 10.4 Å². The van der Waals surface area contributed by atoms with Gasteiger partial charge in [0.1, 0.15) is 11.5 Å². The smallest absolute Gasteiger partial charge is 0.507 e. The Balaban J connectivity index is 2.18. The molecule has 0 saturated heterocycles. The Hall–Kier alpha value is -2.41. The first-order valence-corrected chi connectivity index (χ1v) is 6.28. The molecule has 22 heavy (non-hydrogen) atoms. The number of hydrogen-bond acceptors (Lipinski definition) is 3. The fourth-order valence-electron chi connectivity index (χ4n) is 1.66. The van der Waals surface area contributed by atoms with Crippen LogP contribution in [0.25, 0.3) is 0 Å². The van der Waals surface area contributed by atoms with Crippen LogP contribution in [-0.4, -0.2) is 17.4 Å². The normalized spacial score (nSPS) is 11.1. The van der Waals surface area contributed by atoms with Crippen LogP contribution >= 0.6 is 11.6 Å². The summed E-state index contributed by atoms with van der Waals surface area (Å²) in [5.41, 5.74) is -0.0271. The molecule has 0 aliphatic carbocycles. The largest absolute Gasteiger partial charge is 0.573 e. The van der Waals surface area contributed by atoms with Crippen LogP contribution < -0.4 is 10.1 Å². The molecule has 2 aromatic rings. The second-order valence-electron chi connectivity index (χ2n) is 4.19. The van der Waals surface area contributed by atoms with Crippen LogP contribution in [0.15, 0.2) is 42.5 Å². The minimum Gasteiger partial charge on any atom is -0.507 e. The number of amides is 1. The van der Waals surface area contributed by atoms with Gasteiger partial charge in [-0.25, -0.2) is 0 Å². The number of alkyl halides is 3. The summed E-state index contributed by atoms with van der Waals surface area (Å²) in [5.74, 6) is -1.49. The van der Waals surface area contributed by atoms with Crippen molar-refractivity contribution in [1.82, 2.24) is 0 Å². The first-order chi connectivity index (χ1) is 10.2. The van der Waals surface area contributed by atoms with Gasteiger partial charge < -0.3 is 15.2 Å². The Kier molecular flexibility index (Phi) is 4.46. The van der Waals surface area contributed by atoms with Crippen molar-refractivity contribution in [2.75, 3.05) is 5.32 Å². The number of halogens is 4. The average Bonchev–Trinajstić information content (AvgIpc) is 2.40. The molecule has 2 N–H and O–H groups in total. The highest BCUT2D eigenvalue weighted by molar-refractivity contribution is 6.31. The summed E-state index contributed by atoms with van der Waals surface area (Å²) in [6.45, 7) is 0. The molecule has 0 spiro atoms. The Morgan fingerprint density at radius 3 is 2.59 bits per heavy atom. The number of benzene rings is 2. The van der Waals surface area contributed by atoms with E-state index in [1.807, 2.05) is 0 Å². The van der Waals surface area contributed by atoms with Crippen LogP contribution in [0.5, 0.6) is 11.5 Å². The van der Waals surface area contributed by atoms with Gasteiger partial charge in [0.05, 0.1) is 5.56 Å². The van der Waals surface area contributed by atoms with Crippen LogP contribution in [0, 0.1) is 0 Å². The Labute approximate surface area is 128 Å². The van der Waals surface area contributed by atoms with Crippen molar-refractivity contribution in [2.45, 2.75) is 6.36 Å².